The van der Waals surface area contributed by atoms with Crippen LogP contribution in [0.4, 0.5) is 13.2 Å². The van der Waals surface area contributed by atoms with E-state index >= 15 is 0 Å². The second-order valence-electron chi connectivity index (χ2n) is 2.85. The molecule has 0 saturated heterocycles. The van der Waals surface area contributed by atoms with Gasteiger partial charge in [0.05, 0.1) is 6.34 Å². The van der Waals surface area contributed by atoms with Crippen molar-refractivity contribution in [2.45, 2.75) is 19.5 Å². The van der Waals surface area contributed by atoms with Crippen molar-refractivity contribution in [2.75, 3.05) is 13.6 Å². The molecule has 0 spiro atoms. The molecule has 5 heteroatoms. The Hall–Kier alpha value is -1.44. The van der Waals surface area contributed by atoms with Gasteiger partial charge in [-0.1, -0.05) is 6.08 Å². The molecule has 0 fully saturated rings. The minimum Gasteiger partial charge on any atom is -0.365 e. The minimum atomic E-state index is -4.40. The average Bonchev–Trinajstić information content (AvgIpc) is 2.13. The second kappa shape index (κ2) is 6.12. The molecule has 0 amide bonds. The largest absolute Gasteiger partial charge is 0.433 e. The number of halogens is 3. The van der Waals surface area contributed by atoms with Gasteiger partial charge in [-0.15, -0.1) is 12.3 Å². The van der Waals surface area contributed by atoms with Gasteiger partial charge in [0.25, 0.3) is 0 Å². The van der Waals surface area contributed by atoms with Crippen LogP contribution in [-0.4, -0.2) is 31.0 Å². The molecule has 2 nitrogen and oxygen atoms in total. The van der Waals surface area contributed by atoms with Gasteiger partial charge in [-0.05, 0) is 6.92 Å². The smallest absolute Gasteiger partial charge is 0.365 e. The molecule has 0 radical (unpaired) electrons. The molecule has 84 valence electrons. The van der Waals surface area contributed by atoms with Crippen molar-refractivity contribution in [1.29, 1.82) is 0 Å². The maximum Gasteiger partial charge on any atom is 0.433 e. The average molecular weight is 218 g/mol. The molecule has 0 aromatic heterocycles. The van der Waals surface area contributed by atoms with Gasteiger partial charge in [-0.3, -0.25) is 0 Å². The van der Waals surface area contributed by atoms with Crippen LogP contribution in [0.25, 0.3) is 0 Å². The van der Waals surface area contributed by atoms with Crippen LogP contribution in [0.2, 0.25) is 0 Å². The van der Waals surface area contributed by atoms with Gasteiger partial charge >= 0.3 is 6.18 Å². The summed E-state index contributed by atoms with van der Waals surface area (Å²) >= 11 is 0. The van der Waals surface area contributed by atoms with E-state index < -0.39 is 11.9 Å². The Morgan fingerprint density at radius 3 is 2.53 bits per heavy atom. The van der Waals surface area contributed by atoms with Crippen molar-refractivity contribution >= 4 is 6.34 Å². The number of alkyl halides is 3. The molecular weight excluding hydrogens is 205 g/mol. The summed E-state index contributed by atoms with van der Waals surface area (Å²) in [7, 11) is 1.62. The normalized spacial score (nSPS) is 12.9. The molecule has 0 atom stereocenters. The molecule has 0 saturated carbocycles. The first kappa shape index (κ1) is 13.6. The molecule has 0 aliphatic carbocycles. The van der Waals surface area contributed by atoms with Crippen LogP contribution in [0.1, 0.15) is 13.3 Å². The molecule has 0 rings (SSSR count). The fourth-order valence-electron chi connectivity index (χ4n) is 0.771. The zero-order chi connectivity index (χ0) is 11.9. The Balaban J connectivity index is 4.33. The highest BCUT2D eigenvalue weighted by Gasteiger charge is 2.32. The summed E-state index contributed by atoms with van der Waals surface area (Å²) < 4.78 is 36.6. The molecule has 0 unspecified atom stereocenters. The van der Waals surface area contributed by atoms with Gasteiger partial charge in [0, 0.05) is 20.0 Å². The zero-order valence-electron chi connectivity index (χ0n) is 8.67. The van der Waals surface area contributed by atoms with Crippen LogP contribution in [0.5, 0.6) is 0 Å². The quantitative estimate of drug-likeness (QED) is 0.402. The van der Waals surface area contributed by atoms with Crippen LogP contribution in [0, 0.1) is 12.3 Å². The topological polar surface area (TPSA) is 15.6 Å². The number of allylic oxidation sites excluding steroid dienone is 2. The van der Waals surface area contributed by atoms with Gasteiger partial charge in [0.1, 0.15) is 5.70 Å². The lowest BCUT2D eigenvalue weighted by Crippen LogP contribution is -2.18. The SMILES string of the molecule is C#CCCN(C)/C=N\C(=C\C)C(F)(F)F. The molecule has 15 heavy (non-hydrogen) atoms. The van der Waals surface area contributed by atoms with E-state index in [1.54, 1.807) is 7.05 Å². The van der Waals surface area contributed by atoms with Gasteiger partial charge in [0.2, 0.25) is 0 Å². The van der Waals surface area contributed by atoms with Crippen LogP contribution >= 0.6 is 0 Å². The molecule has 0 aliphatic heterocycles. The van der Waals surface area contributed by atoms with Crippen molar-refractivity contribution in [3.05, 3.63) is 11.8 Å². The third-order valence-corrected chi connectivity index (χ3v) is 1.57. The number of rotatable bonds is 4. The molecule has 0 aromatic carbocycles. The molecule has 0 aliphatic rings. The first-order valence-corrected chi connectivity index (χ1v) is 4.33. The summed E-state index contributed by atoms with van der Waals surface area (Å²) in [6, 6.07) is 0. The fraction of sp³-hybridized carbons (Fsp3) is 0.500. The first-order chi connectivity index (χ1) is 6.91. The third-order valence-electron chi connectivity index (χ3n) is 1.57. The molecular formula is C10H13F3N2. The van der Waals surface area contributed by atoms with Crippen molar-refractivity contribution in [1.82, 2.24) is 4.90 Å². The standard InChI is InChI=1S/C10H13F3N2/c1-4-6-7-15(3)8-14-9(5-2)10(11,12)13/h1,5,8H,6-7H2,2-3H3/b9-5+,14-8-. The molecule has 0 bridgehead atoms. The van der Waals surface area contributed by atoms with E-state index in [4.69, 9.17) is 6.42 Å². The first-order valence-electron chi connectivity index (χ1n) is 4.33. The second-order valence-corrected chi connectivity index (χ2v) is 2.85. The fourth-order valence-corrected chi connectivity index (χ4v) is 0.771. The number of terminal acetylenes is 1. The lowest BCUT2D eigenvalue weighted by Gasteiger charge is -2.11. The van der Waals surface area contributed by atoms with E-state index in [1.807, 2.05) is 0 Å². The van der Waals surface area contributed by atoms with E-state index in [1.165, 1.54) is 11.8 Å². The number of aliphatic imine (C=N–C) groups is 1. The van der Waals surface area contributed by atoms with E-state index in [-0.39, 0.29) is 0 Å². The summed E-state index contributed by atoms with van der Waals surface area (Å²) in [5.74, 6) is 2.39. The predicted molar refractivity (Wildman–Crippen MR) is 54.4 cm³/mol. The van der Waals surface area contributed by atoms with E-state index in [0.717, 1.165) is 12.4 Å². The van der Waals surface area contributed by atoms with Crippen LogP contribution < -0.4 is 0 Å². The summed E-state index contributed by atoms with van der Waals surface area (Å²) in [4.78, 5) is 4.84. The van der Waals surface area contributed by atoms with Gasteiger partial charge in [-0.2, -0.15) is 13.2 Å². The summed E-state index contributed by atoms with van der Waals surface area (Å²) in [5, 5.41) is 0. The van der Waals surface area contributed by atoms with Crippen molar-refractivity contribution in [3.63, 3.8) is 0 Å². The number of nitrogens with zero attached hydrogens (tertiary/aromatic N) is 2. The van der Waals surface area contributed by atoms with Gasteiger partial charge < -0.3 is 4.90 Å². The van der Waals surface area contributed by atoms with Crippen LogP contribution in [0.15, 0.2) is 16.8 Å². The maximum atomic E-state index is 12.2. The Labute approximate surface area is 87.5 Å². The lowest BCUT2D eigenvalue weighted by molar-refractivity contribution is -0.0924. The summed E-state index contributed by atoms with van der Waals surface area (Å²) in [6.07, 6.45) is 3.13. The van der Waals surface area contributed by atoms with Gasteiger partial charge in [0.15, 0.2) is 0 Å². The minimum absolute atomic E-state index is 0.472. The summed E-state index contributed by atoms with van der Waals surface area (Å²) in [6.45, 7) is 1.77. The van der Waals surface area contributed by atoms with E-state index in [9.17, 15) is 13.2 Å². The predicted octanol–water partition coefficient (Wildman–Crippen LogP) is 2.44. The van der Waals surface area contributed by atoms with Crippen molar-refractivity contribution in [3.8, 4) is 12.3 Å². The molecule has 0 heterocycles. The lowest BCUT2D eigenvalue weighted by atomic mass is 10.4. The number of hydrogen-bond donors (Lipinski definition) is 0. The monoisotopic (exact) mass is 218 g/mol. The third kappa shape index (κ3) is 5.78. The Morgan fingerprint density at radius 1 is 1.53 bits per heavy atom. The maximum absolute atomic E-state index is 12.2. The summed E-state index contributed by atoms with van der Waals surface area (Å²) in [5.41, 5.74) is -0.907. The number of hydrogen-bond acceptors (Lipinski definition) is 1. The van der Waals surface area contributed by atoms with Crippen LogP contribution in [-0.2, 0) is 0 Å². The highest BCUT2D eigenvalue weighted by atomic mass is 19.4. The van der Waals surface area contributed by atoms with Gasteiger partial charge in [-0.25, -0.2) is 4.99 Å². The van der Waals surface area contributed by atoms with Crippen molar-refractivity contribution < 1.29 is 13.2 Å². The zero-order valence-corrected chi connectivity index (χ0v) is 8.67. The Bertz CT molecular complexity index is 284. The molecule has 0 N–H and O–H groups in total. The Kier molecular flexibility index (Phi) is 5.53. The Morgan fingerprint density at radius 2 is 2.13 bits per heavy atom. The molecule has 0 aromatic rings. The van der Waals surface area contributed by atoms with E-state index in [2.05, 4.69) is 10.9 Å². The van der Waals surface area contributed by atoms with Crippen molar-refractivity contribution in [2.24, 2.45) is 4.99 Å². The highest BCUT2D eigenvalue weighted by molar-refractivity contribution is 5.56. The van der Waals surface area contributed by atoms with E-state index in [0.29, 0.717) is 13.0 Å². The highest BCUT2D eigenvalue weighted by Crippen LogP contribution is 2.25. The van der Waals surface area contributed by atoms with Crippen LogP contribution in [0.3, 0.4) is 0 Å².